The second kappa shape index (κ2) is 9.45. The summed E-state index contributed by atoms with van der Waals surface area (Å²) in [4.78, 5) is 15.9. The number of rotatable bonds is 7. The first-order valence-electron chi connectivity index (χ1n) is 10.0. The number of amides is 1. The number of aliphatic hydroxyl groups excluding tert-OH is 2. The molecule has 9 nitrogen and oxygen atoms in total. The van der Waals surface area contributed by atoms with Gasteiger partial charge in [0, 0.05) is 12.1 Å². The van der Waals surface area contributed by atoms with Gasteiger partial charge in [-0.3, -0.25) is 4.79 Å². The number of aliphatic hydroxyl groups is 2. The maximum atomic E-state index is 13.9. The molecule has 1 amide bonds. The van der Waals surface area contributed by atoms with Gasteiger partial charge in [0.05, 0.1) is 24.1 Å². The summed E-state index contributed by atoms with van der Waals surface area (Å²) in [5.41, 5.74) is -0.543. The molecular weight excluding hydrogens is 455 g/mol. The normalized spacial score (nSPS) is 12.5. The molecule has 1 atom stereocenters. The third kappa shape index (κ3) is 4.67. The average Bonchev–Trinajstić information content (AvgIpc) is 3.50. The van der Waals surface area contributed by atoms with Gasteiger partial charge in [-0.15, -0.1) is 0 Å². The van der Waals surface area contributed by atoms with Gasteiger partial charge >= 0.3 is 6.18 Å². The van der Waals surface area contributed by atoms with Gasteiger partial charge in [-0.05, 0) is 17.7 Å². The van der Waals surface area contributed by atoms with Crippen molar-refractivity contribution < 1.29 is 32.7 Å². The Morgan fingerprint density at radius 3 is 2.47 bits per heavy atom. The summed E-state index contributed by atoms with van der Waals surface area (Å²) in [6.07, 6.45) is -5.19. The Morgan fingerprint density at radius 1 is 1.12 bits per heavy atom. The molecular formula is C22H18F3N5O4. The van der Waals surface area contributed by atoms with E-state index in [-0.39, 0.29) is 41.7 Å². The van der Waals surface area contributed by atoms with Crippen LogP contribution in [0.25, 0.3) is 28.5 Å². The monoisotopic (exact) mass is 473 g/mol. The Hall–Kier alpha value is -4.03. The Kier molecular flexibility index (Phi) is 6.43. The number of alkyl halides is 3. The lowest BCUT2D eigenvalue weighted by Gasteiger charge is -2.11. The largest absolute Gasteiger partial charge is 0.434 e. The van der Waals surface area contributed by atoms with E-state index in [2.05, 4.69) is 20.6 Å². The lowest BCUT2D eigenvalue weighted by molar-refractivity contribution is -0.142. The molecule has 4 rings (SSSR count). The van der Waals surface area contributed by atoms with Crippen LogP contribution in [0.4, 0.5) is 13.2 Å². The van der Waals surface area contributed by atoms with Crippen molar-refractivity contribution in [3.05, 3.63) is 72.1 Å². The maximum Gasteiger partial charge on any atom is 0.434 e. The highest BCUT2D eigenvalue weighted by molar-refractivity contribution is 5.82. The molecule has 0 aliphatic heterocycles. The van der Waals surface area contributed by atoms with Gasteiger partial charge in [-0.2, -0.15) is 23.3 Å². The van der Waals surface area contributed by atoms with E-state index in [0.717, 1.165) is 10.9 Å². The Labute approximate surface area is 190 Å². The molecule has 0 saturated heterocycles. The molecule has 2 aromatic heterocycles. The van der Waals surface area contributed by atoms with E-state index in [9.17, 15) is 23.1 Å². The fourth-order valence-corrected chi connectivity index (χ4v) is 3.23. The molecule has 0 saturated carbocycles. The van der Waals surface area contributed by atoms with Crippen molar-refractivity contribution >= 4 is 5.91 Å². The topological polar surface area (TPSA) is 126 Å². The summed E-state index contributed by atoms with van der Waals surface area (Å²) >= 11 is 0. The van der Waals surface area contributed by atoms with Crippen molar-refractivity contribution in [2.45, 2.75) is 12.3 Å². The van der Waals surface area contributed by atoms with Crippen LogP contribution >= 0.6 is 0 Å². The third-order valence-corrected chi connectivity index (χ3v) is 4.84. The van der Waals surface area contributed by atoms with Gasteiger partial charge in [0.1, 0.15) is 0 Å². The first kappa shape index (κ1) is 23.1. The highest BCUT2D eigenvalue weighted by Gasteiger charge is 2.40. The molecule has 0 radical (unpaired) electrons. The number of para-hydroxylation sites is 1. The zero-order chi connectivity index (χ0) is 24.3. The number of nitrogens with one attached hydrogen (secondary N) is 1. The predicted molar refractivity (Wildman–Crippen MR) is 112 cm³/mol. The van der Waals surface area contributed by atoms with Crippen LogP contribution in [0, 0.1) is 0 Å². The summed E-state index contributed by atoms with van der Waals surface area (Å²) < 4.78 is 47.5. The fraction of sp³-hybridized carbons (Fsp3) is 0.182. The first-order valence-corrected chi connectivity index (χ1v) is 10.0. The van der Waals surface area contributed by atoms with Gasteiger partial charge in [0.25, 0.3) is 11.8 Å². The van der Waals surface area contributed by atoms with Crippen molar-refractivity contribution in [1.82, 2.24) is 25.2 Å². The smallest absolute Gasteiger partial charge is 0.395 e. The molecule has 0 spiro atoms. The number of carbonyl (C=O) groups excluding carboxylic acids is 1. The van der Waals surface area contributed by atoms with Crippen LogP contribution in [0.2, 0.25) is 0 Å². The Morgan fingerprint density at radius 2 is 1.82 bits per heavy atom. The van der Waals surface area contributed by atoms with Gasteiger partial charge in [0.2, 0.25) is 5.82 Å². The molecule has 2 aromatic carbocycles. The van der Waals surface area contributed by atoms with Gasteiger partial charge in [-0.1, -0.05) is 47.6 Å². The lowest BCUT2D eigenvalue weighted by atomic mass is 10.1. The van der Waals surface area contributed by atoms with E-state index in [1.54, 1.807) is 18.2 Å². The van der Waals surface area contributed by atoms with E-state index in [1.807, 2.05) is 0 Å². The summed E-state index contributed by atoms with van der Waals surface area (Å²) in [6, 6.07) is 13.7. The molecule has 0 fully saturated rings. The van der Waals surface area contributed by atoms with Crippen molar-refractivity contribution in [2.24, 2.45) is 0 Å². The zero-order valence-electron chi connectivity index (χ0n) is 17.4. The lowest BCUT2D eigenvalue weighted by Crippen LogP contribution is -2.31. The first-order chi connectivity index (χ1) is 16.3. The number of nitrogens with zero attached hydrogens (tertiary/aromatic N) is 4. The minimum absolute atomic E-state index is 0.000380. The summed E-state index contributed by atoms with van der Waals surface area (Å²) in [6.45, 7) is -0.266. The van der Waals surface area contributed by atoms with E-state index in [1.165, 1.54) is 36.4 Å². The van der Waals surface area contributed by atoms with E-state index in [4.69, 9.17) is 9.63 Å². The molecule has 0 aliphatic carbocycles. The molecule has 12 heteroatoms. The molecule has 3 N–H and O–H groups in total. The van der Waals surface area contributed by atoms with Crippen LogP contribution in [0.5, 0.6) is 0 Å². The van der Waals surface area contributed by atoms with Gasteiger partial charge in [0.15, 0.2) is 11.8 Å². The number of hydrogen-bond donors (Lipinski definition) is 3. The van der Waals surface area contributed by atoms with Crippen LogP contribution in [-0.4, -0.2) is 49.2 Å². The maximum absolute atomic E-state index is 13.9. The SMILES string of the molecule is O=C(NCCO)C(O)c1ccc(-c2noc(-c3cnn(-c4ccccc4)c3C(F)(F)F)n2)cc1. The molecule has 1 unspecified atom stereocenters. The molecule has 34 heavy (non-hydrogen) atoms. The highest BCUT2D eigenvalue weighted by Crippen LogP contribution is 2.38. The Bertz CT molecular complexity index is 1270. The summed E-state index contributed by atoms with van der Waals surface area (Å²) in [7, 11) is 0. The van der Waals surface area contributed by atoms with Gasteiger partial charge < -0.3 is 20.1 Å². The quantitative estimate of drug-likeness (QED) is 0.377. The molecule has 4 aromatic rings. The summed E-state index contributed by atoms with van der Waals surface area (Å²) in [5, 5.41) is 28.8. The van der Waals surface area contributed by atoms with Crippen LogP contribution in [0.1, 0.15) is 17.4 Å². The minimum Gasteiger partial charge on any atom is -0.395 e. The Balaban J connectivity index is 1.62. The second-order valence-electron chi connectivity index (χ2n) is 7.11. The minimum atomic E-state index is -4.75. The van der Waals surface area contributed by atoms with Crippen molar-refractivity contribution in [3.63, 3.8) is 0 Å². The van der Waals surface area contributed by atoms with Gasteiger partial charge in [-0.25, -0.2) is 4.68 Å². The molecule has 176 valence electrons. The fourth-order valence-electron chi connectivity index (χ4n) is 3.23. The van der Waals surface area contributed by atoms with E-state index < -0.39 is 23.9 Å². The van der Waals surface area contributed by atoms with Crippen LogP contribution in [0.3, 0.4) is 0 Å². The number of halogens is 3. The number of benzene rings is 2. The average molecular weight is 473 g/mol. The second-order valence-corrected chi connectivity index (χ2v) is 7.11. The highest BCUT2D eigenvalue weighted by atomic mass is 19.4. The number of carbonyl (C=O) groups is 1. The van der Waals surface area contributed by atoms with Crippen LogP contribution < -0.4 is 5.32 Å². The number of aromatic nitrogens is 4. The molecule has 2 heterocycles. The van der Waals surface area contributed by atoms with E-state index >= 15 is 0 Å². The van der Waals surface area contributed by atoms with Crippen LogP contribution in [-0.2, 0) is 11.0 Å². The molecule has 0 aliphatic rings. The summed E-state index contributed by atoms with van der Waals surface area (Å²) in [5.74, 6) is -1.03. The van der Waals surface area contributed by atoms with Crippen LogP contribution in [0.15, 0.2) is 65.3 Å². The van der Waals surface area contributed by atoms with Crippen molar-refractivity contribution in [3.8, 4) is 28.5 Å². The third-order valence-electron chi connectivity index (χ3n) is 4.84. The predicted octanol–water partition coefficient (Wildman–Crippen LogP) is 2.75. The number of hydrogen-bond acceptors (Lipinski definition) is 7. The van der Waals surface area contributed by atoms with Crippen molar-refractivity contribution in [2.75, 3.05) is 13.2 Å². The van der Waals surface area contributed by atoms with Crippen molar-refractivity contribution in [1.29, 1.82) is 0 Å². The zero-order valence-corrected chi connectivity index (χ0v) is 17.4. The molecule has 0 bridgehead atoms. The van der Waals surface area contributed by atoms with E-state index in [0.29, 0.717) is 5.56 Å². The standard InChI is InChI=1S/C22H18F3N5O4/c23-22(24,25)18-16(12-27-30(18)15-4-2-1-3-5-15)21-28-19(29-34-21)14-8-6-13(7-9-14)17(32)20(33)26-10-11-31/h1-9,12,17,31-32H,10-11H2,(H,26,33).